The number of nitrogens with two attached hydrogens (primary N) is 1. The molecule has 4 atom stereocenters. The molecule has 3 nitrogen and oxygen atoms in total. The highest BCUT2D eigenvalue weighted by atomic mass is 16.2. The largest absolute Gasteiger partial charge is 0.337 e. The molecule has 2 rings (SSSR count). The van der Waals surface area contributed by atoms with Gasteiger partial charge in [-0.05, 0) is 46.0 Å². The molecule has 1 saturated carbocycles. The van der Waals surface area contributed by atoms with Crippen molar-refractivity contribution in [2.45, 2.75) is 70.5 Å². The van der Waals surface area contributed by atoms with Crippen LogP contribution in [0.5, 0.6) is 0 Å². The predicted octanol–water partition coefficient (Wildman–Crippen LogP) is 1.90. The Morgan fingerprint density at radius 1 is 1.12 bits per heavy atom. The summed E-state index contributed by atoms with van der Waals surface area (Å²) in [5, 5.41) is 0. The van der Waals surface area contributed by atoms with E-state index in [1.54, 1.807) is 0 Å². The van der Waals surface area contributed by atoms with Gasteiger partial charge in [-0.15, -0.1) is 0 Å². The van der Waals surface area contributed by atoms with Crippen LogP contribution in [0, 0.1) is 5.92 Å². The van der Waals surface area contributed by atoms with E-state index in [9.17, 15) is 4.79 Å². The number of nitrogens with zero attached hydrogens (tertiary/aromatic N) is 1. The van der Waals surface area contributed by atoms with Crippen molar-refractivity contribution in [3.05, 3.63) is 0 Å². The van der Waals surface area contributed by atoms with Crippen LogP contribution in [0.3, 0.4) is 0 Å². The van der Waals surface area contributed by atoms with Crippen LogP contribution in [-0.2, 0) is 4.79 Å². The molecule has 4 unspecified atom stereocenters. The summed E-state index contributed by atoms with van der Waals surface area (Å²) in [7, 11) is 0. The Labute approximate surface area is 98.4 Å². The van der Waals surface area contributed by atoms with Gasteiger partial charge in [-0.2, -0.15) is 0 Å². The summed E-state index contributed by atoms with van der Waals surface area (Å²) in [6, 6.07) is 1.11. The maximum atomic E-state index is 12.4. The van der Waals surface area contributed by atoms with E-state index in [2.05, 4.69) is 18.7 Å². The van der Waals surface area contributed by atoms with Gasteiger partial charge >= 0.3 is 0 Å². The molecular formula is C13H24N2O. The van der Waals surface area contributed by atoms with Crippen molar-refractivity contribution in [2.75, 3.05) is 0 Å². The predicted molar refractivity (Wildman–Crippen MR) is 64.9 cm³/mol. The first-order valence-corrected chi connectivity index (χ1v) is 6.67. The number of hydrogen-bond donors (Lipinski definition) is 1. The van der Waals surface area contributed by atoms with Crippen LogP contribution in [0.15, 0.2) is 0 Å². The Hall–Kier alpha value is -0.570. The highest BCUT2D eigenvalue weighted by Gasteiger charge is 2.36. The molecule has 0 aromatic carbocycles. The number of likely N-dealkylation sites (tertiary alicyclic amines) is 1. The number of amides is 1. The third-order valence-electron chi connectivity index (χ3n) is 4.27. The summed E-state index contributed by atoms with van der Waals surface area (Å²) in [4.78, 5) is 14.6. The highest BCUT2D eigenvalue weighted by molar-refractivity contribution is 5.80. The van der Waals surface area contributed by atoms with Gasteiger partial charge in [0, 0.05) is 24.0 Å². The van der Waals surface area contributed by atoms with E-state index in [1.807, 2.05) is 0 Å². The molecule has 0 bridgehead atoms. The molecule has 3 heteroatoms. The lowest BCUT2D eigenvalue weighted by molar-refractivity contribution is -0.139. The summed E-state index contributed by atoms with van der Waals surface area (Å²) in [5.74, 6) is 0.569. The van der Waals surface area contributed by atoms with Gasteiger partial charge in [-0.3, -0.25) is 4.79 Å². The zero-order valence-electron chi connectivity index (χ0n) is 10.5. The van der Waals surface area contributed by atoms with Crippen LogP contribution in [0.2, 0.25) is 0 Å². The molecule has 2 N–H and O–H groups in total. The van der Waals surface area contributed by atoms with Gasteiger partial charge < -0.3 is 10.6 Å². The maximum Gasteiger partial charge on any atom is 0.226 e. The minimum Gasteiger partial charge on any atom is -0.337 e. The third-order valence-corrected chi connectivity index (χ3v) is 4.27. The van der Waals surface area contributed by atoms with Crippen molar-refractivity contribution < 1.29 is 4.79 Å². The van der Waals surface area contributed by atoms with Gasteiger partial charge in [-0.25, -0.2) is 0 Å². The average molecular weight is 224 g/mol. The Balaban J connectivity index is 2.00. The SMILES string of the molecule is CC1CCC(C)N1C(=O)C1CCCC(N)C1. The third kappa shape index (κ3) is 2.24. The minimum atomic E-state index is 0.201. The van der Waals surface area contributed by atoms with Crippen molar-refractivity contribution in [3.63, 3.8) is 0 Å². The normalized spacial score (nSPS) is 40.1. The second kappa shape index (κ2) is 4.74. The fraction of sp³-hybridized carbons (Fsp3) is 0.923. The van der Waals surface area contributed by atoms with Crippen LogP contribution in [0.25, 0.3) is 0 Å². The first-order chi connectivity index (χ1) is 7.59. The average Bonchev–Trinajstić information content (AvgIpc) is 2.58. The van der Waals surface area contributed by atoms with Crippen molar-refractivity contribution >= 4 is 5.91 Å². The van der Waals surface area contributed by atoms with Crippen molar-refractivity contribution in [2.24, 2.45) is 11.7 Å². The molecule has 2 aliphatic rings. The van der Waals surface area contributed by atoms with Crippen molar-refractivity contribution in [1.29, 1.82) is 0 Å². The lowest BCUT2D eigenvalue weighted by atomic mass is 9.85. The van der Waals surface area contributed by atoms with Gasteiger partial charge in [0.25, 0.3) is 0 Å². The Morgan fingerprint density at radius 3 is 2.31 bits per heavy atom. The van der Waals surface area contributed by atoms with Crippen LogP contribution in [0.4, 0.5) is 0 Å². The number of carbonyl (C=O) groups is 1. The summed E-state index contributed by atoms with van der Waals surface area (Å²) in [5.41, 5.74) is 5.96. The van der Waals surface area contributed by atoms with Crippen LogP contribution in [0.1, 0.15) is 52.4 Å². The van der Waals surface area contributed by atoms with Crippen LogP contribution < -0.4 is 5.73 Å². The van der Waals surface area contributed by atoms with E-state index in [4.69, 9.17) is 5.73 Å². The van der Waals surface area contributed by atoms with Crippen molar-refractivity contribution in [3.8, 4) is 0 Å². The number of rotatable bonds is 1. The fourth-order valence-electron chi connectivity index (χ4n) is 3.29. The standard InChI is InChI=1S/C13H24N2O/c1-9-6-7-10(2)15(9)13(16)11-4-3-5-12(14)8-11/h9-12H,3-8,14H2,1-2H3. The van der Waals surface area contributed by atoms with Gasteiger partial charge in [-0.1, -0.05) is 6.42 Å². The van der Waals surface area contributed by atoms with E-state index in [-0.39, 0.29) is 12.0 Å². The Kier molecular flexibility index (Phi) is 3.53. The first kappa shape index (κ1) is 11.9. The number of hydrogen-bond acceptors (Lipinski definition) is 2. The summed E-state index contributed by atoms with van der Waals surface area (Å²) >= 11 is 0. The molecule has 0 radical (unpaired) electrons. The van der Waals surface area contributed by atoms with Gasteiger partial charge in [0.05, 0.1) is 0 Å². The van der Waals surface area contributed by atoms with Gasteiger partial charge in [0.15, 0.2) is 0 Å². The molecule has 92 valence electrons. The Morgan fingerprint density at radius 2 is 1.75 bits per heavy atom. The summed E-state index contributed by atoms with van der Waals surface area (Å²) in [6.07, 6.45) is 6.47. The van der Waals surface area contributed by atoms with Crippen LogP contribution >= 0.6 is 0 Å². The fourth-order valence-corrected chi connectivity index (χ4v) is 3.29. The number of carbonyl (C=O) groups excluding carboxylic acids is 1. The second-order valence-corrected chi connectivity index (χ2v) is 5.64. The molecule has 16 heavy (non-hydrogen) atoms. The monoisotopic (exact) mass is 224 g/mol. The first-order valence-electron chi connectivity index (χ1n) is 6.67. The lowest BCUT2D eigenvalue weighted by Gasteiger charge is -2.33. The smallest absolute Gasteiger partial charge is 0.226 e. The minimum absolute atomic E-state index is 0.201. The molecule has 2 fully saturated rings. The van der Waals surface area contributed by atoms with E-state index in [0.717, 1.165) is 38.5 Å². The summed E-state index contributed by atoms with van der Waals surface area (Å²) in [6.45, 7) is 4.34. The molecule has 0 aromatic heterocycles. The van der Waals surface area contributed by atoms with E-state index in [0.29, 0.717) is 18.0 Å². The molecule has 0 aromatic rings. The van der Waals surface area contributed by atoms with Gasteiger partial charge in [0.1, 0.15) is 0 Å². The molecular weight excluding hydrogens is 200 g/mol. The van der Waals surface area contributed by atoms with E-state index in [1.165, 1.54) is 0 Å². The molecule has 0 spiro atoms. The molecule has 1 heterocycles. The summed E-state index contributed by atoms with van der Waals surface area (Å²) < 4.78 is 0. The quantitative estimate of drug-likeness (QED) is 0.739. The topological polar surface area (TPSA) is 46.3 Å². The maximum absolute atomic E-state index is 12.4. The molecule has 1 aliphatic heterocycles. The van der Waals surface area contributed by atoms with Gasteiger partial charge in [0.2, 0.25) is 5.91 Å². The zero-order valence-corrected chi connectivity index (χ0v) is 10.5. The highest BCUT2D eigenvalue weighted by Crippen LogP contribution is 2.30. The van der Waals surface area contributed by atoms with E-state index >= 15 is 0 Å². The molecule has 1 saturated heterocycles. The molecule has 1 amide bonds. The second-order valence-electron chi connectivity index (χ2n) is 5.64. The lowest BCUT2D eigenvalue weighted by Crippen LogP contribution is -2.44. The zero-order chi connectivity index (χ0) is 11.7. The molecule has 1 aliphatic carbocycles. The van der Waals surface area contributed by atoms with Crippen LogP contribution in [-0.4, -0.2) is 28.9 Å². The van der Waals surface area contributed by atoms with E-state index < -0.39 is 0 Å². The van der Waals surface area contributed by atoms with Crippen molar-refractivity contribution in [1.82, 2.24) is 4.90 Å². The Bertz CT molecular complexity index is 257.